The molecule has 1 aromatic heterocycles. The fourth-order valence-electron chi connectivity index (χ4n) is 3.84. The maximum atomic E-state index is 13.3. The molecule has 2 rings (SSSR count). The van der Waals surface area contributed by atoms with E-state index in [0.29, 0.717) is 5.82 Å². The number of pyridine rings is 1. The molecule has 8 heteroatoms. The van der Waals surface area contributed by atoms with Crippen LogP contribution in [0.25, 0.3) is 0 Å². The largest absolute Gasteiger partial charge is 0.384 e. The summed E-state index contributed by atoms with van der Waals surface area (Å²) in [7, 11) is 0. The highest BCUT2D eigenvalue weighted by molar-refractivity contribution is 5.89. The first kappa shape index (κ1) is 25.3. The van der Waals surface area contributed by atoms with Crippen molar-refractivity contribution in [3.63, 3.8) is 0 Å². The summed E-state index contributed by atoms with van der Waals surface area (Å²) in [5.41, 5.74) is 7.14. The van der Waals surface area contributed by atoms with Gasteiger partial charge in [-0.15, -0.1) is 0 Å². The van der Waals surface area contributed by atoms with Gasteiger partial charge >= 0.3 is 0 Å². The highest BCUT2D eigenvalue weighted by atomic mass is 19.1. The molecular formula is C24H34FN5O2. The number of aromatic nitrogens is 1. The summed E-state index contributed by atoms with van der Waals surface area (Å²) in [6, 6.07) is 8.46. The summed E-state index contributed by atoms with van der Waals surface area (Å²) in [5, 5.41) is 5.74. The first-order chi connectivity index (χ1) is 15.1. The van der Waals surface area contributed by atoms with Crippen LogP contribution in [0.15, 0.2) is 42.6 Å². The normalized spacial score (nSPS) is 13.3. The second kappa shape index (κ2) is 11.6. The molecule has 0 aliphatic heterocycles. The van der Waals surface area contributed by atoms with Crippen LogP contribution in [0.4, 0.5) is 10.2 Å². The molecule has 32 heavy (non-hydrogen) atoms. The van der Waals surface area contributed by atoms with Crippen LogP contribution < -0.4 is 16.4 Å². The van der Waals surface area contributed by atoms with Gasteiger partial charge in [-0.25, -0.2) is 9.37 Å². The van der Waals surface area contributed by atoms with Crippen LogP contribution in [0.2, 0.25) is 0 Å². The van der Waals surface area contributed by atoms with E-state index in [0.717, 1.165) is 11.1 Å². The van der Waals surface area contributed by atoms with E-state index >= 15 is 0 Å². The molecule has 174 valence electrons. The standard InChI is InChI=1S/C24H34FN5O2/c1-15(2)30(16(3)4)17(5)23(31)29-21(12-18-6-9-20(25)10-7-18)24(32)28-14-19-8-11-22(26)27-13-19/h6-11,13,15-17,21H,12,14H2,1-5H3,(H2,26,27)(H,28,32)(H,29,31)/t17?,21-/m0/s1. The molecule has 0 radical (unpaired) electrons. The molecule has 0 saturated heterocycles. The van der Waals surface area contributed by atoms with Crippen molar-refractivity contribution < 1.29 is 14.0 Å². The van der Waals surface area contributed by atoms with E-state index in [1.165, 1.54) is 12.1 Å². The van der Waals surface area contributed by atoms with Crippen molar-refractivity contribution in [1.29, 1.82) is 0 Å². The van der Waals surface area contributed by atoms with Crippen molar-refractivity contribution in [3.8, 4) is 0 Å². The van der Waals surface area contributed by atoms with Crippen LogP contribution in [0.1, 0.15) is 45.7 Å². The zero-order chi connectivity index (χ0) is 23.8. The third-order valence-corrected chi connectivity index (χ3v) is 5.32. The number of carbonyl (C=O) groups excluding carboxylic acids is 2. The van der Waals surface area contributed by atoms with Gasteiger partial charge in [-0.05, 0) is 63.9 Å². The smallest absolute Gasteiger partial charge is 0.243 e. The summed E-state index contributed by atoms with van der Waals surface area (Å²) in [6.45, 7) is 10.2. The second-order valence-electron chi connectivity index (χ2n) is 8.51. The van der Waals surface area contributed by atoms with Crippen molar-refractivity contribution in [3.05, 3.63) is 59.5 Å². The number of benzene rings is 1. The SMILES string of the molecule is CC(C)N(C(C)C)C(C)C(=O)N[C@@H](Cc1ccc(F)cc1)C(=O)NCc1ccc(N)nc1. The number of nitrogen functional groups attached to an aromatic ring is 1. The van der Waals surface area contributed by atoms with Gasteiger partial charge in [-0.3, -0.25) is 14.5 Å². The minimum absolute atomic E-state index is 0.165. The number of nitrogens with two attached hydrogens (primary N) is 1. The van der Waals surface area contributed by atoms with Crippen molar-refractivity contribution in [2.45, 2.75) is 71.8 Å². The van der Waals surface area contributed by atoms with E-state index in [2.05, 4.69) is 20.5 Å². The molecule has 0 aliphatic rings. The van der Waals surface area contributed by atoms with E-state index in [1.54, 1.807) is 30.5 Å². The second-order valence-corrected chi connectivity index (χ2v) is 8.51. The predicted molar refractivity (Wildman–Crippen MR) is 124 cm³/mol. The van der Waals surface area contributed by atoms with Crippen LogP contribution in [-0.4, -0.2) is 45.9 Å². The summed E-state index contributed by atoms with van der Waals surface area (Å²) in [6.07, 6.45) is 1.84. The average Bonchev–Trinajstić information content (AvgIpc) is 2.73. The van der Waals surface area contributed by atoms with Gasteiger partial charge in [0.15, 0.2) is 0 Å². The number of hydrogen-bond acceptors (Lipinski definition) is 5. The monoisotopic (exact) mass is 443 g/mol. The van der Waals surface area contributed by atoms with E-state index in [9.17, 15) is 14.0 Å². The summed E-state index contributed by atoms with van der Waals surface area (Å²) < 4.78 is 13.3. The lowest BCUT2D eigenvalue weighted by molar-refractivity contribution is -0.132. The van der Waals surface area contributed by atoms with Crippen LogP contribution >= 0.6 is 0 Å². The van der Waals surface area contributed by atoms with Gasteiger partial charge in [0.2, 0.25) is 11.8 Å². The molecule has 0 bridgehead atoms. The Hall–Kier alpha value is -3.00. The van der Waals surface area contributed by atoms with Crippen LogP contribution in [0.5, 0.6) is 0 Å². The quantitative estimate of drug-likeness (QED) is 0.524. The van der Waals surface area contributed by atoms with Gasteiger partial charge in [0, 0.05) is 31.2 Å². The Morgan fingerprint density at radius 3 is 2.09 bits per heavy atom. The Labute approximate surface area is 189 Å². The summed E-state index contributed by atoms with van der Waals surface area (Å²) in [5.74, 6) is -0.515. The van der Waals surface area contributed by atoms with Crippen molar-refractivity contribution in [2.24, 2.45) is 0 Å². The lowest BCUT2D eigenvalue weighted by atomic mass is 10.0. The van der Waals surface area contributed by atoms with Gasteiger partial charge in [-0.1, -0.05) is 18.2 Å². The first-order valence-corrected chi connectivity index (χ1v) is 10.9. The zero-order valence-electron chi connectivity index (χ0n) is 19.4. The third-order valence-electron chi connectivity index (χ3n) is 5.32. The fourth-order valence-corrected chi connectivity index (χ4v) is 3.84. The van der Waals surface area contributed by atoms with Gasteiger partial charge < -0.3 is 16.4 Å². The average molecular weight is 444 g/mol. The molecule has 1 heterocycles. The van der Waals surface area contributed by atoms with E-state index in [-0.39, 0.29) is 42.7 Å². The molecule has 1 aromatic carbocycles. The van der Waals surface area contributed by atoms with Crippen LogP contribution in [-0.2, 0) is 22.6 Å². The molecule has 0 aliphatic carbocycles. The third kappa shape index (κ3) is 7.30. The lowest BCUT2D eigenvalue weighted by Crippen LogP contribution is -2.56. The fraction of sp³-hybridized carbons (Fsp3) is 0.458. The zero-order valence-corrected chi connectivity index (χ0v) is 19.4. The molecule has 0 spiro atoms. The van der Waals surface area contributed by atoms with Crippen LogP contribution in [0.3, 0.4) is 0 Å². The number of nitrogens with one attached hydrogen (secondary N) is 2. The predicted octanol–water partition coefficient (Wildman–Crippen LogP) is 2.65. The first-order valence-electron chi connectivity index (χ1n) is 10.9. The summed E-state index contributed by atoms with van der Waals surface area (Å²) in [4.78, 5) is 32.1. The van der Waals surface area contributed by atoms with E-state index in [4.69, 9.17) is 5.73 Å². The maximum Gasteiger partial charge on any atom is 0.243 e. The van der Waals surface area contributed by atoms with Gasteiger partial charge in [0.05, 0.1) is 6.04 Å². The lowest BCUT2D eigenvalue weighted by Gasteiger charge is -2.36. The van der Waals surface area contributed by atoms with Crippen LogP contribution in [0, 0.1) is 5.82 Å². The molecule has 2 amide bonds. The molecule has 0 fully saturated rings. The number of carbonyl (C=O) groups is 2. The van der Waals surface area contributed by atoms with Gasteiger partial charge in [-0.2, -0.15) is 0 Å². The number of halogens is 1. The van der Waals surface area contributed by atoms with E-state index in [1.807, 2.05) is 34.6 Å². The van der Waals surface area contributed by atoms with Gasteiger partial charge in [0.1, 0.15) is 17.7 Å². The van der Waals surface area contributed by atoms with Crippen molar-refractivity contribution in [1.82, 2.24) is 20.5 Å². The minimum Gasteiger partial charge on any atom is -0.384 e. The maximum absolute atomic E-state index is 13.3. The van der Waals surface area contributed by atoms with Crippen molar-refractivity contribution in [2.75, 3.05) is 5.73 Å². The number of nitrogens with zero attached hydrogens (tertiary/aromatic N) is 2. The minimum atomic E-state index is -0.807. The molecule has 4 N–H and O–H groups in total. The Morgan fingerprint density at radius 2 is 1.56 bits per heavy atom. The number of hydrogen-bond donors (Lipinski definition) is 3. The molecule has 0 saturated carbocycles. The number of anilines is 1. The Bertz CT molecular complexity index is 876. The number of amides is 2. The van der Waals surface area contributed by atoms with Crippen molar-refractivity contribution >= 4 is 17.6 Å². The Kier molecular flexibility index (Phi) is 9.13. The molecular weight excluding hydrogens is 409 g/mol. The van der Waals surface area contributed by atoms with E-state index < -0.39 is 12.1 Å². The summed E-state index contributed by atoms with van der Waals surface area (Å²) >= 11 is 0. The highest BCUT2D eigenvalue weighted by Crippen LogP contribution is 2.12. The highest BCUT2D eigenvalue weighted by Gasteiger charge is 2.29. The Morgan fingerprint density at radius 1 is 0.969 bits per heavy atom. The Balaban J connectivity index is 2.15. The van der Waals surface area contributed by atoms with Gasteiger partial charge in [0.25, 0.3) is 0 Å². The molecule has 2 atom stereocenters. The topological polar surface area (TPSA) is 100 Å². The molecule has 7 nitrogen and oxygen atoms in total. The molecule has 2 aromatic rings. The number of rotatable bonds is 10. The molecule has 1 unspecified atom stereocenters.